The summed E-state index contributed by atoms with van der Waals surface area (Å²) in [6.45, 7) is 2.67. The molecule has 3 N–H and O–H groups in total. The smallest absolute Gasteiger partial charge is 0.303 e. The lowest BCUT2D eigenvalue weighted by Gasteiger charge is -2.29. The fourth-order valence-electron chi connectivity index (χ4n) is 5.59. The minimum Gasteiger partial charge on any atom is -0.481 e. The average molecular weight is 533 g/mol. The summed E-state index contributed by atoms with van der Waals surface area (Å²) in [6, 6.07) is 0. The minimum atomic E-state index is -3.18. The molecule has 0 spiro atoms. The van der Waals surface area contributed by atoms with Crippen LogP contribution < -0.4 is 0 Å². The number of rotatable bonds is 19. The zero-order valence-electron chi connectivity index (χ0n) is 22.7. The SMILES string of the molecule is CCCCCCC(F)(F)C(O)/C=C/[C@@H]1[C@@H](CCCCCCCCC(=O)O)[C@@H](O)C[C@H]1OC1CCCCO1. The minimum absolute atomic E-state index is 0.123. The quantitative estimate of drug-likeness (QED) is 0.128. The van der Waals surface area contributed by atoms with Crippen LogP contribution in [0.3, 0.4) is 0 Å². The molecule has 6 nitrogen and oxygen atoms in total. The second kappa shape index (κ2) is 17.5. The molecule has 8 heteroatoms. The Morgan fingerprint density at radius 3 is 2.46 bits per heavy atom. The van der Waals surface area contributed by atoms with Gasteiger partial charge in [-0.3, -0.25) is 4.79 Å². The van der Waals surface area contributed by atoms with Crippen LogP contribution in [0.5, 0.6) is 0 Å². The molecule has 1 aliphatic heterocycles. The normalized spacial score (nSPS) is 27.6. The molecule has 0 bridgehead atoms. The Morgan fingerprint density at radius 1 is 1.08 bits per heavy atom. The number of aliphatic hydroxyl groups excluding tert-OH is 2. The van der Waals surface area contributed by atoms with Crippen molar-refractivity contribution in [1.82, 2.24) is 0 Å². The van der Waals surface area contributed by atoms with Gasteiger partial charge in [0.25, 0.3) is 5.92 Å². The Labute approximate surface area is 221 Å². The number of unbranched alkanes of at least 4 members (excludes halogenated alkanes) is 8. The van der Waals surface area contributed by atoms with E-state index in [-0.39, 0.29) is 37.1 Å². The monoisotopic (exact) mass is 532 g/mol. The van der Waals surface area contributed by atoms with Crippen LogP contribution >= 0.6 is 0 Å². The number of alkyl halides is 2. The van der Waals surface area contributed by atoms with Crippen LogP contribution in [0.1, 0.15) is 116 Å². The van der Waals surface area contributed by atoms with Gasteiger partial charge in [0, 0.05) is 31.8 Å². The number of hydrogen-bond acceptors (Lipinski definition) is 5. The van der Waals surface area contributed by atoms with Crippen molar-refractivity contribution in [2.45, 2.75) is 147 Å². The summed E-state index contributed by atoms with van der Waals surface area (Å²) in [5.41, 5.74) is 0. The van der Waals surface area contributed by atoms with Gasteiger partial charge in [0.05, 0.1) is 12.2 Å². The van der Waals surface area contributed by atoms with Crippen LogP contribution in [-0.2, 0) is 14.3 Å². The van der Waals surface area contributed by atoms with Crippen LogP contribution in [-0.4, -0.2) is 58.4 Å². The fraction of sp³-hybridized carbons (Fsp3) is 0.897. The molecule has 37 heavy (non-hydrogen) atoms. The van der Waals surface area contributed by atoms with Gasteiger partial charge in [-0.1, -0.05) is 70.4 Å². The van der Waals surface area contributed by atoms with E-state index in [4.69, 9.17) is 14.6 Å². The molecular formula is C29H50F2O6. The Kier molecular flexibility index (Phi) is 15.2. The summed E-state index contributed by atoms with van der Waals surface area (Å²) >= 11 is 0. The maximum absolute atomic E-state index is 14.5. The number of hydrogen-bond donors (Lipinski definition) is 3. The van der Waals surface area contributed by atoms with E-state index in [1.807, 2.05) is 6.92 Å². The van der Waals surface area contributed by atoms with Crippen molar-refractivity contribution < 1.29 is 38.4 Å². The lowest BCUT2D eigenvalue weighted by Crippen LogP contribution is -2.33. The van der Waals surface area contributed by atoms with Gasteiger partial charge in [-0.05, 0) is 44.4 Å². The summed E-state index contributed by atoms with van der Waals surface area (Å²) in [4.78, 5) is 10.6. The van der Waals surface area contributed by atoms with Gasteiger partial charge < -0.3 is 24.8 Å². The lowest BCUT2D eigenvalue weighted by molar-refractivity contribution is -0.193. The zero-order valence-corrected chi connectivity index (χ0v) is 22.7. The molecular weight excluding hydrogens is 482 g/mol. The predicted octanol–water partition coefficient (Wildman–Crippen LogP) is 6.62. The van der Waals surface area contributed by atoms with E-state index in [0.29, 0.717) is 25.9 Å². The van der Waals surface area contributed by atoms with Crippen molar-refractivity contribution in [3.63, 3.8) is 0 Å². The number of aliphatic hydroxyl groups is 2. The van der Waals surface area contributed by atoms with Crippen LogP contribution in [0, 0.1) is 11.8 Å². The molecule has 0 amide bonds. The van der Waals surface area contributed by atoms with Gasteiger partial charge in [0.2, 0.25) is 0 Å². The zero-order chi connectivity index (χ0) is 27.1. The molecule has 2 fully saturated rings. The number of carbonyl (C=O) groups is 1. The van der Waals surface area contributed by atoms with Crippen molar-refractivity contribution in [2.75, 3.05) is 6.61 Å². The van der Waals surface area contributed by atoms with E-state index in [1.165, 1.54) is 6.08 Å². The first-order chi connectivity index (χ1) is 17.7. The number of aliphatic carboxylic acids is 1. The lowest BCUT2D eigenvalue weighted by atomic mass is 9.87. The molecule has 216 valence electrons. The highest BCUT2D eigenvalue weighted by Gasteiger charge is 2.43. The summed E-state index contributed by atoms with van der Waals surface area (Å²) in [5, 5.41) is 29.9. The van der Waals surface area contributed by atoms with Crippen LogP contribution in [0.25, 0.3) is 0 Å². The summed E-state index contributed by atoms with van der Waals surface area (Å²) in [6.07, 6.45) is 12.0. The van der Waals surface area contributed by atoms with Crippen LogP contribution in [0.4, 0.5) is 8.78 Å². The molecule has 0 aromatic rings. The highest BCUT2D eigenvalue weighted by Crippen LogP contribution is 2.40. The molecule has 2 aliphatic rings. The molecule has 1 aliphatic carbocycles. The molecule has 0 aromatic carbocycles. The summed E-state index contributed by atoms with van der Waals surface area (Å²) in [5.74, 6) is -4.33. The van der Waals surface area contributed by atoms with Gasteiger partial charge in [-0.2, -0.15) is 0 Å². The molecule has 2 unspecified atom stereocenters. The Bertz CT molecular complexity index is 652. The first-order valence-corrected chi connectivity index (χ1v) is 14.7. The van der Waals surface area contributed by atoms with Gasteiger partial charge in [0.15, 0.2) is 6.29 Å². The van der Waals surface area contributed by atoms with Crippen molar-refractivity contribution in [1.29, 1.82) is 0 Å². The molecule has 1 heterocycles. The van der Waals surface area contributed by atoms with Crippen LogP contribution in [0.2, 0.25) is 0 Å². The Morgan fingerprint density at radius 2 is 1.78 bits per heavy atom. The standard InChI is InChI=1S/C29H50F2O6/c1-2-3-4-12-19-29(30,31)26(33)18-17-23-22(14-9-7-5-6-8-10-15-27(34)35)24(32)21-25(23)37-28-16-11-13-20-36-28/h17-18,22-26,28,32-33H,2-16,19-21H2,1H3,(H,34,35)/b18-17+/t22-,23-,24+,25-,26?,28?/m1/s1. The van der Waals surface area contributed by atoms with E-state index in [9.17, 15) is 23.8 Å². The number of carboxylic acids is 1. The predicted molar refractivity (Wildman–Crippen MR) is 139 cm³/mol. The van der Waals surface area contributed by atoms with E-state index >= 15 is 0 Å². The molecule has 0 aromatic heterocycles. The second-order valence-corrected chi connectivity index (χ2v) is 11.0. The van der Waals surface area contributed by atoms with Crippen molar-refractivity contribution in [2.24, 2.45) is 11.8 Å². The largest absolute Gasteiger partial charge is 0.481 e. The molecule has 1 saturated heterocycles. The first kappa shape index (κ1) is 32.1. The maximum atomic E-state index is 14.5. The van der Waals surface area contributed by atoms with E-state index in [0.717, 1.165) is 77.0 Å². The van der Waals surface area contributed by atoms with Crippen molar-refractivity contribution >= 4 is 5.97 Å². The van der Waals surface area contributed by atoms with Gasteiger partial charge in [-0.15, -0.1) is 0 Å². The third-order valence-electron chi connectivity index (χ3n) is 7.85. The van der Waals surface area contributed by atoms with E-state index in [2.05, 4.69) is 0 Å². The number of carboxylic acid groups (broad SMARTS) is 1. The molecule has 1 saturated carbocycles. The first-order valence-electron chi connectivity index (χ1n) is 14.7. The average Bonchev–Trinajstić information content (AvgIpc) is 3.15. The molecule has 0 radical (unpaired) electrons. The number of halogens is 2. The fourth-order valence-corrected chi connectivity index (χ4v) is 5.59. The highest BCUT2D eigenvalue weighted by atomic mass is 19.3. The third kappa shape index (κ3) is 12.1. The summed E-state index contributed by atoms with van der Waals surface area (Å²) in [7, 11) is 0. The van der Waals surface area contributed by atoms with Gasteiger partial charge >= 0.3 is 5.97 Å². The van der Waals surface area contributed by atoms with Crippen molar-refractivity contribution in [3.05, 3.63) is 12.2 Å². The number of ether oxygens (including phenoxy) is 2. The summed E-state index contributed by atoms with van der Waals surface area (Å²) < 4.78 is 41.0. The molecule has 2 rings (SSSR count). The Hall–Kier alpha value is -1.09. The highest BCUT2D eigenvalue weighted by molar-refractivity contribution is 5.66. The van der Waals surface area contributed by atoms with Crippen molar-refractivity contribution in [3.8, 4) is 0 Å². The van der Waals surface area contributed by atoms with Gasteiger partial charge in [0.1, 0.15) is 6.10 Å². The maximum Gasteiger partial charge on any atom is 0.303 e. The van der Waals surface area contributed by atoms with Gasteiger partial charge in [-0.25, -0.2) is 8.78 Å². The van der Waals surface area contributed by atoms with E-state index < -0.39 is 24.1 Å². The van der Waals surface area contributed by atoms with Crippen LogP contribution in [0.15, 0.2) is 12.2 Å². The second-order valence-electron chi connectivity index (χ2n) is 11.0. The Balaban J connectivity index is 1.93. The molecule has 6 atom stereocenters. The third-order valence-corrected chi connectivity index (χ3v) is 7.85. The van der Waals surface area contributed by atoms with E-state index in [1.54, 1.807) is 6.08 Å². The topological polar surface area (TPSA) is 96.2 Å².